The molecule has 3 rings (SSSR count). The van der Waals surface area contributed by atoms with Crippen molar-refractivity contribution in [2.75, 3.05) is 26.3 Å². The lowest BCUT2D eigenvalue weighted by Crippen LogP contribution is -2.37. The lowest BCUT2D eigenvalue weighted by Gasteiger charge is -2.25. The Labute approximate surface area is 202 Å². The second-order valence-electron chi connectivity index (χ2n) is 7.83. The van der Waals surface area contributed by atoms with Crippen molar-refractivity contribution in [1.29, 1.82) is 0 Å². The summed E-state index contributed by atoms with van der Waals surface area (Å²) in [5.74, 6) is -0.162. The van der Waals surface area contributed by atoms with Crippen LogP contribution in [0.5, 0.6) is 17.2 Å². The molecular weight excluding hydrogens is 454 g/mol. The Morgan fingerprint density at radius 2 is 1.71 bits per heavy atom. The molecule has 3 aromatic rings. The fraction of sp³-hybridized carbons (Fsp3) is 0.240. The van der Waals surface area contributed by atoms with Gasteiger partial charge in [-0.2, -0.15) is 0 Å². The number of aliphatic hydroxyl groups is 1. The highest BCUT2D eigenvalue weighted by Crippen LogP contribution is 2.22. The number of aliphatic hydroxyl groups excluding tert-OH is 1. The van der Waals surface area contributed by atoms with Crippen LogP contribution in [0.4, 0.5) is 5.69 Å². The van der Waals surface area contributed by atoms with E-state index in [0.29, 0.717) is 24.6 Å². The molecule has 0 saturated heterocycles. The highest BCUT2D eigenvalue weighted by Gasteiger charge is 2.15. The minimum atomic E-state index is -0.830. The summed E-state index contributed by atoms with van der Waals surface area (Å²) in [6.45, 7) is 1.56. The number of rotatable bonds is 13. The molecule has 0 radical (unpaired) electrons. The number of nitro groups is 1. The van der Waals surface area contributed by atoms with Gasteiger partial charge in [-0.1, -0.05) is 30.3 Å². The number of phenols is 1. The molecule has 0 aliphatic heterocycles. The van der Waals surface area contributed by atoms with E-state index in [-0.39, 0.29) is 36.8 Å². The molecule has 1 atom stereocenters. The van der Waals surface area contributed by atoms with E-state index in [2.05, 4.69) is 0 Å². The lowest BCUT2D eigenvalue weighted by molar-refractivity contribution is -0.384. The number of amides is 1. The molecule has 3 aromatic carbocycles. The predicted octanol–water partition coefficient (Wildman–Crippen LogP) is 2.72. The van der Waals surface area contributed by atoms with Crippen molar-refractivity contribution in [1.82, 2.24) is 4.90 Å². The van der Waals surface area contributed by atoms with Gasteiger partial charge in [0.15, 0.2) is 0 Å². The first-order chi connectivity index (χ1) is 16.8. The molecule has 0 bridgehead atoms. The Bertz CT molecular complexity index is 1120. The van der Waals surface area contributed by atoms with Gasteiger partial charge in [0.25, 0.3) is 11.6 Å². The smallest absolute Gasteiger partial charge is 0.269 e. The standard InChI is InChI=1S/C25H27N3O7/c26-25(31)23-14-22(10-11-24(23)30)34-13-12-27(15-18-4-2-1-3-5-18)16-20(29)17-35-21-8-6-19(7-9-21)28(32)33/h1-11,14,20,29-30H,12-13,15-17H2,(H2,26,31). The van der Waals surface area contributed by atoms with Crippen molar-refractivity contribution in [3.8, 4) is 17.2 Å². The minimum Gasteiger partial charge on any atom is -0.507 e. The van der Waals surface area contributed by atoms with Gasteiger partial charge in [-0.25, -0.2) is 0 Å². The zero-order valence-corrected chi connectivity index (χ0v) is 18.9. The first kappa shape index (κ1) is 25.5. The second kappa shape index (κ2) is 12.4. The first-order valence-corrected chi connectivity index (χ1v) is 10.9. The van der Waals surface area contributed by atoms with Crippen LogP contribution in [0.25, 0.3) is 0 Å². The largest absolute Gasteiger partial charge is 0.507 e. The van der Waals surface area contributed by atoms with Gasteiger partial charge in [0.05, 0.1) is 10.5 Å². The molecule has 0 aliphatic carbocycles. The van der Waals surface area contributed by atoms with Crippen molar-refractivity contribution in [3.05, 3.63) is 94.0 Å². The number of aromatic hydroxyl groups is 1. The van der Waals surface area contributed by atoms with E-state index in [1.165, 1.54) is 42.5 Å². The number of carbonyl (C=O) groups is 1. The van der Waals surface area contributed by atoms with Crippen molar-refractivity contribution in [2.24, 2.45) is 5.73 Å². The molecule has 4 N–H and O–H groups in total. The third-order valence-corrected chi connectivity index (χ3v) is 5.12. The van der Waals surface area contributed by atoms with Crippen molar-refractivity contribution >= 4 is 11.6 Å². The van der Waals surface area contributed by atoms with Crippen LogP contribution in [-0.2, 0) is 6.54 Å². The average Bonchev–Trinajstić information content (AvgIpc) is 2.84. The number of hydrogen-bond donors (Lipinski definition) is 3. The van der Waals surface area contributed by atoms with Gasteiger partial charge in [-0.05, 0) is 35.9 Å². The van der Waals surface area contributed by atoms with Crippen LogP contribution in [0.2, 0.25) is 0 Å². The van der Waals surface area contributed by atoms with Crippen molar-refractivity contribution in [2.45, 2.75) is 12.6 Å². The van der Waals surface area contributed by atoms with E-state index in [0.717, 1.165) is 5.56 Å². The summed E-state index contributed by atoms with van der Waals surface area (Å²) in [5.41, 5.74) is 6.25. The summed E-state index contributed by atoms with van der Waals surface area (Å²) in [6.07, 6.45) is -0.830. The summed E-state index contributed by atoms with van der Waals surface area (Å²) in [4.78, 5) is 23.7. The predicted molar refractivity (Wildman–Crippen MR) is 128 cm³/mol. The Kier molecular flexibility index (Phi) is 8.99. The molecule has 184 valence electrons. The number of nitro benzene ring substituents is 1. The van der Waals surface area contributed by atoms with Crippen LogP contribution in [0.3, 0.4) is 0 Å². The van der Waals surface area contributed by atoms with Gasteiger partial charge in [-0.3, -0.25) is 19.8 Å². The number of carbonyl (C=O) groups excluding carboxylic acids is 1. The number of primary amides is 1. The molecule has 1 unspecified atom stereocenters. The number of benzene rings is 3. The molecule has 35 heavy (non-hydrogen) atoms. The lowest BCUT2D eigenvalue weighted by atomic mass is 10.2. The molecule has 0 fully saturated rings. The average molecular weight is 482 g/mol. The van der Waals surface area contributed by atoms with Gasteiger partial charge in [-0.15, -0.1) is 0 Å². The number of nitrogens with two attached hydrogens (primary N) is 1. The monoisotopic (exact) mass is 481 g/mol. The molecule has 1 amide bonds. The maximum atomic E-state index is 11.4. The zero-order chi connectivity index (χ0) is 25.2. The molecule has 0 saturated carbocycles. The third kappa shape index (κ3) is 7.98. The normalized spacial score (nSPS) is 11.7. The highest BCUT2D eigenvalue weighted by molar-refractivity contribution is 5.95. The highest BCUT2D eigenvalue weighted by atomic mass is 16.6. The van der Waals surface area contributed by atoms with Crippen LogP contribution in [0.15, 0.2) is 72.8 Å². The maximum absolute atomic E-state index is 11.4. The molecule has 0 aromatic heterocycles. The Morgan fingerprint density at radius 1 is 1.03 bits per heavy atom. The number of non-ortho nitro benzene ring substituents is 1. The van der Waals surface area contributed by atoms with Gasteiger partial charge >= 0.3 is 0 Å². The Hall–Kier alpha value is -4.15. The van der Waals surface area contributed by atoms with Crippen LogP contribution >= 0.6 is 0 Å². The summed E-state index contributed by atoms with van der Waals surface area (Å²) in [7, 11) is 0. The topological polar surface area (TPSA) is 148 Å². The van der Waals surface area contributed by atoms with Gasteiger partial charge in [0, 0.05) is 31.8 Å². The first-order valence-electron chi connectivity index (χ1n) is 10.9. The summed E-state index contributed by atoms with van der Waals surface area (Å²) >= 11 is 0. The van der Waals surface area contributed by atoms with Crippen LogP contribution in [0.1, 0.15) is 15.9 Å². The molecular formula is C25H27N3O7. The SMILES string of the molecule is NC(=O)c1cc(OCCN(Cc2ccccc2)CC(O)COc2ccc([N+](=O)[O-])cc2)ccc1O. The van der Waals surface area contributed by atoms with E-state index in [4.69, 9.17) is 15.2 Å². The van der Waals surface area contributed by atoms with E-state index < -0.39 is 16.9 Å². The summed E-state index contributed by atoms with van der Waals surface area (Å²) < 4.78 is 11.3. The molecule has 0 aliphatic rings. The van der Waals surface area contributed by atoms with Crippen LogP contribution in [0, 0.1) is 10.1 Å². The molecule has 10 heteroatoms. The van der Waals surface area contributed by atoms with E-state index >= 15 is 0 Å². The third-order valence-electron chi connectivity index (χ3n) is 5.12. The minimum absolute atomic E-state index is 0.00386. The van der Waals surface area contributed by atoms with Gasteiger partial charge in [0.2, 0.25) is 0 Å². The Balaban J connectivity index is 1.57. The second-order valence-corrected chi connectivity index (χ2v) is 7.83. The van der Waals surface area contributed by atoms with E-state index in [9.17, 15) is 25.1 Å². The van der Waals surface area contributed by atoms with Crippen molar-refractivity contribution in [3.63, 3.8) is 0 Å². The van der Waals surface area contributed by atoms with E-state index in [1.807, 2.05) is 35.2 Å². The molecule has 0 heterocycles. The van der Waals surface area contributed by atoms with Crippen molar-refractivity contribution < 1.29 is 29.4 Å². The van der Waals surface area contributed by atoms with E-state index in [1.54, 1.807) is 0 Å². The Morgan fingerprint density at radius 3 is 2.37 bits per heavy atom. The summed E-state index contributed by atoms with van der Waals surface area (Å²) in [5, 5.41) is 31.0. The summed E-state index contributed by atoms with van der Waals surface area (Å²) in [6, 6.07) is 19.7. The van der Waals surface area contributed by atoms with Crippen LogP contribution < -0.4 is 15.2 Å². The fourth-order valence-corrected chi connectivity index (χ4v) is 3.38. The zero-order valence-electron chi connectivity index (χ0n) is 18.9. The number of nitrogens with zero attached hydrogens (tertiary/aromatic N) is 2. The van der Waals surface area contributed by atoms with Gasteiger partial charge in [0.1, 0.15) is 36.6 Å². The quantitative estimate of drug-likeness (QED) is 0.249. The number of ether oxygens (including phenoxy) is 2. The van der Waals surface area contributed by atoms with Gasteiger partial charge < -0.3 is 25.4 Å². The molecule has 0 spiro atoms. The maximum Gasteiger partial charge on any atom is 0.269 e. The van der Waals surface area contributed by atoms with Crippen LogP contribution in [-0.4, -0.2) is 58.4 Å². The molecule has 10 nitrogen and oxygen atoms in total. The number of hydrogen-bond acceptors (Lipinski definition) is 8. The fourth-order valence-electron chi connectivity index (χ4n) is 3.38.